The van der Waals surface area contributed by atoms with Gasteiger partial charge in [0.05, 0.1) is 0 Å². The maximum atomic E-state index is 9.55. The van der Waals surface area contributed by atoms with E-state index in [1.54, 1.807) is 0 Å². The van der Waals surface area contributed by atoms with Gasteiger partial charge in [-0.25, -0.2) is 9.59 Å². The second-order valence-corrected chi connectivity index (χ2v) is 1.18. The van der Waals surface area contributed by atoms with Crippen molar-refractivity contribution in [3.63, 3.8) is 0 Å². The van der Waals surface area contributed by atoms with E-state index in [1.165, 1.54) is 0 Å². The summed E-state index contributed by atoms with van der Waals surface area (Å²) >= 11 is 4.58. The van der Waals surface area contributed by atoms with E-state index in [0.717, 1.165) is 0 Å². The number of amides is 2. The number of halogens is 1. The molecule has 5 nitrogen and oxygen atoms in total. The highest BCUT2D eigenvalue weighted by Gasteiger charge is 2.15. The van der Waals surface area contributed by atoms with Crippen molar-refractivity contribution >= 4 is 24.0 Å². The summed E-state index contributed by atoms with van der Waals surface area (Å²) in [5.74, 6) is 0. The van der Waals surface area contributed by atoms with Crippen molar-refractivity contribution in [3.05, 3.63) is 0 Å². The molecule has 0 unspecified atom stereocenters. The van der Waals surface area contributed by atoms with Crippen molar-refractivity contribution < 1.29 is 19.8 Å². The summed E-state index contributed by atoms with van der Waals surface area (Å²) in [6.45, 7) is 0. The summed E-state index contributed by atoms with van der Waals surface area (Å²) in [6, 6.07) is 0. The van der Waals surface area contributed by atoms with E-state index < -0.39 is 12.2 Å². The molecule has 46 valence electrons. The first-order valence-electron chi connectivity index (χ1n) is 1.47. The molecule has 0 aliphatic rings. The van der Waals surface area contributed by atoms with Crippen molar-refractivity contribution in [1.82, 2.24) is 4.42 Å². The number of carboxylic acid groups (broad SMARTS) is 2. The summed E-state index contributed by atoms with van der Waals surface area (Å²) < 4.78 is -0.361. The fraction of sp³-hybridized carbons (Fsp3) is 0. The van der Waals surface area contributed by atoms with Gasteiger partial charge in [-0.2, -0.15) is 0 Å². The Morgan fingerprint density at radius 3 is 1.50 bits per heavy atom. The Morgan fingerprint density at radius 1 is 1.25 bits per heavy atom. The third-order valence-corrected chi connectivity index (χ3v) is 0.625. The minimum atomic E-state index is -1.71. The number of hydrogen-bond donors (Lipinski definition) is 2. The van der Waals surface area contributed by atoms with Gasteiger partial charge in [0, 0.05) is 11.8 Å². The van der Waals surface area contributed by atoms with Gasteiger partial charge >= 0.3 is 12.2 Å². The van der Waals surface area contributed by atoms with Crippen LogP contribution in [-0.2, 0) is 0 Å². The van der Waals surface area contributed by atoms with Crippen molar-refractivity contribution in [2.75, 3.05) is 0 Å². The van der Waals surface area contributed by atoms with Crippen LogP contribution < -0.4 is 0 Å². The standard InChI is InChI=1S/C2H2ClNO4/c3-4(1(5)6)2(7)8/h(H,5,6)(H,7,8). The summed E-state index contributed by atoms with van der Waals surface area (Å²) in [5.41, 5.74) is 0. The first kappa shape index (κ1) is 7.03. The van der Waals surface area contributed by atoms with E-state index >= 15 is 0 Å². The molecule has 0 rings (SSSR count). The van der Waals surface area contributed by atoms with Crippen LogP contribution in [0.4, 0.5) is 9.59 Å². The van der Waals surface area contributed by atoms with Crippen molar-refractivity contribution in [2.24, 2.45) is 0 Å². The Kier molecular flexibility index (Phi) is 2.08. The van der Waals surface area contributed by atoms with Gasteiger partial charge in [-0.15, -0.1) is 4.42 Å². The van der Waals surface area contributed by atoms with Gasteiger partial charge in [0.2, 0.25) is 0 Å². The number of nitrogens with zero attached hydrogens (tertiary/aromatic N) is 1. The van der Waals surface area contributed by atoms with Gasteiger partial charge < -0.3 is 10.2 Å². The molecule has 0 heterocycles. The first-order valence-corrected chi connectivity index (χ1v) is 1.81. The molecule has 0 aliphatic carbocycles. The minimum absolute atomic E-state index is 0.361. The predicted molar refractivity (Wildman–Crippen MR) is 23.7 cm³/mol. The summed E-state index contributed by atoms with van der Waals surface area (Å²) in [4.78, 5) is 19.1. The van der Waals surface area contributed by atoms with Crippen LogP contribution in [0.15, 0.2) is 0 Å². The van der Waals surface area contributed by atoms with Crippen molar-refractivity contribution in [3.8, 4) is 0 Å². The molecular weight excluding hydrogens is 137 g/mol. The Balaban J connectivity index is 3.83. The average molecular weight is 139 g/mol. The lowest BCUT2D eigenvalue weighted by Gasteiger charge is -1.98. The van der Waals surface area contributed by atoms with Crippen LogP contribution in [-0.4, -0.2) is 26.8 Å². The smallest absolute Gasteiger partial charge is 0.432 e. The summed E-state index contributed by atoms with van der Waals surface area (Å²) in [6.07, 6.45) is -3.42. The van der Waals surface area contributed by atoms with E-state index in [9.17, 15) is 9.59 Å². The second-order valence-electron chi connectivity index (χ2n) is 0.846. The van der Waals surface area contributed by atoms with Gasteiger partial charge in [-0.3, -0.25) is 0 Å². The minimum Gasteiger partial charge on any atom is -0.464 e. The van der Waals surface area contributed by atoms with Crippen LogP contribution in [0.25, 0.3) is 0 Å². The van der Waals surface area contributed by atoms with E-state index in [0.29, 0.717) is 0 Å². The SMILES string of the molecule is O=C(O)N(Cl)C(=O)O. The lowest BCUT2D eigenvalue weighted by atomic mass is 11.0. The second kappa shape index (κ2) is 2.37. The maximum absolute atomic E-state index is 9.55. The zero-order valence-corrected chi connectivity index (χ0v) is 4.29. The largest absolute Gasteiger partial charge is 0.464 e. The molecule has 0 saturated carbocycles. The van der Waals surface area contributed by atoms with Crippen LogP contribution in [0.2, 0.25) is 0 Å². The van der Waals surface area contributed by atoms with Crippen LogP contribution in [0.3, 0.4) is 0 Å². The zero-order valence-electron chi connectivity index (χ0n) is 3.54. The van der Waals surface area contributed by atoms with E-state index in [-0.39, 0.29) is 4.42 Å². The molecule has 6 heteroatoms. The van der Waals surface area contributed by atoms with Crippen LogP contribution in [0.5, 0.6) is 0 Å². The summed E-state index contributed by atoms with van der Waals surface area (Å²) in [5, 5.41) is 15.5. The quantitative estimate of drug-likeness (QED) is 0.487. The first-order chi connectivity index (χ1) is 3.55. The Hall–Kier alpha value is -0.970. The van der Waals surface area contributed by atoms with E-state index in [2.05, 4.69) is 11.8 Å². The number of imide groups is 1. The zero-order chi connectivity index (χ0) is 6.73. The maximum Gasteiger partial charge on any atom is 0.432 e. The lowest BCUT2D eigenvalue weighted by Crippen LogP contribution is -2.24. The fourth-order valence-corrected chi connectivity index (χ4v) is 0.0818. The highest BCUT2D eigenvalue weighted by molar-refractivity contribution is 6.27. The molecule has 0 aromatic rings. The molecule has 0 aromatic heterocycles. The molecule has 2 amide bonds. The molecule has 0 spiro atoms. The molecule has 0 aromatic carbocycles. The molecule has 0 saturated heterocycles. The number of rotatable bonds is 0. The monoisotopic (exact) mass is 139 g/mol. The third kappa shape index (κ3) is 1.65. The molecule has 0 atom stereocenters. The lowest BCUT2D eigenvalue weighted by molar-refractivity contribution is 0.149. The molecule has 0 bridgehead atoms. The molecule has 0 fully saturated rings. The van der Waals surface area contributed by atoms with E-state index in [1.807, 2.05) is 0 Å². The molecule has 0 aliphatic heterocycles. The van der Waals surface area contributed by atoms with Gasteiger partial charge in [0.1, 0.15) is 0 Å². The van der Waals surface area contributed by atoms with Crippen LogP contribution >= 0.6 is 11.8 Å². The molecular formula is C2H2ClNO4. The van der Waals surface area contributed by atoms with Crippen molar-refractivity contribution in [1.29, 1.82) is 0 Å². The van der Waals surface area contributed by atoms with Gasteiger partial charge in [0.15, 0.2) is 0 Å². The normalized spacial score (nSPS) is 8.12. The van der Waals surface area contributed by atoms with Gasteiger partial charge in [0.25, 0.3) is 0 Å². The van der Waals surface area contributed by atoms with Gasteiger partial charge in [-0.05, 0) is 0 Å². The van der Waals surface area contributed by atoms with Crippen molar-refractivity contribution in [2.45, 2.75) is 0 Å². The predicted octanol–water partition coefficient (Wildman–Crippen LogP) is 0.798. The number of carbonyl (C=O) groups is 2. The fourth-order valence-electron chi connectivity index (χ4n) is 0.0818. The topological polar surface area (TPSA) is 77.8 Å². The average Bonchev–Trinajstić information content (AvgIpc) is 1.64. The number of hydrogen-bond acceptors (Lipinski definition) is 2. The highest BCUT2D eigenvalue weighted by Crippen LogP contribution is 1.93. The van der Waals surface area contributed by atoms with E-state index in [4.69, 9.17) is 10.2 Å². The van der Waals surface area contributed by atoms with Crippen LogP contribution in [0, 0.1) is 0 Å². The molecule has 0 radical (unpaired) electrons. The summed E-state index contributed by atoms with van der Waals surface area (Å²) in [7, 11) is 0. The Morgan fingerprint density at radius 2 is 1.50 bits per heavy atom. The van der Waals surface area contributed by atoms with Gasteiger partial charge in [-0.1, -0.05) is 0 Å². The van der Waals surface area contributed by atoms with Crippen LogP contribution in [0.1, 0.15) is 0 Å². The molecule has 8 heavy (non-hydrogen) atoms. The Bertz CT molecular complexity index is 109. The third-order valence-electron chi connectivity index (χ3n) is 0.336. The highest BCUT2D eigenvalue weighted by atomic mass is 35.5. The molecule has 2 N–H and O–H groups in total. The Labute approximate surface area is 49.2 Å².